The zero-order valence-electron chi connectivity index (χ0n) is 10.1. The van der Waals surface area contributed by atoms with Crippen LogP contribution in [-0.4, -0.2) is 6.04 Å². The number of rotatable bonds is 5. The van der Waals surface area contributed by atoms with Crippen LogP contribution in [0.25, 0.3) is 0 Å². The molecule has 0 aliphatic carbocycles. The van der Waals surface area contributed by atoms with Crippen molar-refractivity contribution in [3.8, 4) is 0 Å². The molecule has 0 bridgehead atoms. The summed E-state index contributed by atoms with van der Waals surface area (Å²) in [5, 5.41) is 5.89. The van der Waals surface area contributed by atoms with Crippen LogP contribution in [0.2, 0.25) is 5.02 Å². The molecule has 4 heteroatoms. The molecule has 0 amide bonds. The summed E-state index contributed by atoms with van der Waals surface area (Å²) in [5.41, 5.74) is 0.873. The molecule has 0 fully saturated rings. The fourth-order valence-electron chi connectivity index (χ4n) is 1.81. The van der Waals surface area contributed by atoms with Gasteiger partial charge in [0.25, 0.3) is 0 Å². The van der Waals surface area contributed by atoms with Gasteiger partial charge in [-0.1, -0.05) is 17.7 Å². The van der Waals surface area contributed by atoms with Gasteiger partial charge in [0.2, 0.25) is 0 Å². The fraction of sp³-hybridized carbons (Fsp3) is 0.286. The Kier molecular flexibility index (Phi) is 4.75. The molecule has 0 aliphatic heterocycles. The third kappa shape index (κ3) is 4.09. The van der Waals surface area contributed by atoms with Crippen molar-refractivity contribution in [1.29, 1.82) is 0 Å². The van der Waals surface area contributed by atoms with Gasteiger partial charge in [-0.3, -0.25) is 0 Å². The fourth-order valence-corrected chi connectivity index (χ4v) is 2.89. The van der Waals surface area contributed by atoms with Gasteiger partial charge in [-0.15, -0.1) is 11.3 Å². The van der Waals surface area contributed by atoms with Crippen LogP contribution in [0, 0.1) is 5.82 Å². The maximum Gasteiger partial charge on any atom is 0.125 e. The largest absolute Gasteiger partial charge is 0.310 e. The number of hydrogen-bond acceptors (Lipinski definition) is 2. The van der Waals surface area contributed by atoms with Crippen molar-refractivity contribution in [3.63, 3.8) is 0 Å². The van der Waals surface area contributed by atoms with Crippen molar-refractivity contribution in [2.75, 3.05) is 0 Å². The molecule has 1 atom stereocenters. The van der Waals surface area contributed by atoms with E-state index in [1.54, 1.807) is 17.4 Å². The maximum absolute atomic E-state index is 13.1. The first-order valence-electron chi connectivity index (χ1n) is 5.84. The molecule has 1 N–H and O–H groups in total. The van der Waals surface area contributed by atoms with Gasteiger partial charge in [0.1, 0.15) is 5.82 Å². The third-order valence-electron chi connectivity index (χ3n) is 2.66. The summed E-state index contributed by atoms with van der Waals surface area (Å²) in [5.74, 6) is -0.287. The molecule has 0 aliphatic rings. The van der Waals surface area contributed by atoms with Crippen LogP contribution in [0.5, 0.6) is 0 Å². The molecule has 1 nitrogen and oxygen atoms in total. The van der Waals surface area contributed by atoms with E-state index in [2.05, 4.69) is 29.8 Å². The third-order valence-corrected chi connectivity index (χ3v) is 3.78. The molecule has 2 rings (SSSR count). The molecule has 0 saturated heterocycles. The number of thiophene rings is 1. The predicted octanol–water partition coefficient (Wildman–Crippen LogP) is 4.26. The lowest BCUT2D eigenvalue weighted by Gasteiger charge is -2.13. The Morgan fingerprint density at radius 2 is 2.22 bits per heavy atom. The normalized spacial score (nSPS) is 12.6. The van der Waals surface area contributed by atoms with Gasteiger partial charge in [0, 0.05) is 22.5 Å². The summed E-state index contributed by atoms with van der Waals surface area (Å²) >= 11 is 7.57. The lowest BCUT2D eigenvalue weighted by Crippen LogP contribution is -2.27. The van der Waals surface area contributed by atoms with Crippen molar-refractivity contribution in [2.45, 2.75) is 25.9 Å². The van der Waals surface area contributed by atoms with Gasteiger partial charge in [0.05, 0.1) is 0 Å². The summed E-state index contributed by atoms with van der Waals surface area (Å²) in [6.45, 7) is 2.75. The average Bonchev–Trinajstić information content (AvgIpc) is 2.78. The minimum Gasteiger partial charge on any atom is -0.310 e. The van der Waals surface area contributed by atoms with Crippen LogP contribution in [0.4, 0.5) is 4.39 Å². The van der Waals surface area contributed by atoms with Crippen molar-refractivity contribution >= 4 is 22.9 Å². The minimum atomic E-state index is -0.287. The topological polar surface area (TPSA) is 12.0 Å². The van der Waals surface area contributed by atoms with E-state index in [1.165, 1.54) is 17.0 Å². The van der Waals surface area contributed by atoms with Gasteiger partial charge in [-0.2, -0.15) is 0 Å². The van der Waals surface area contributed by atoms with Crippen LogP contribution in [0.1, 0.15) is 17.4 Å². The molecule has 18 heavy (non-hydrogen) atoms. The molecule has 1 aromatic heterocycles. The van der Waals surface area contributed by atoms with Crippen molar-refractivity contribution in [2.24, 2.45) is 0 Å². The zero-order chi connectivity index (χ0) is 13.0. The molecule has 96 valence electrons. The highest BCUT2D eigenvalue weighted by atomic mass is 35.5. The van der Waals surface area contributed by atoms with E-state index < -0.39 is 0 Å². The zero-order valence-corrected chi connectivity index (χ0v) is 11.7. The molecule has 0 radical (unpaired) electrons. The molecule has 2 aromatic rings. The maximum atomic E-state index is 13.1. The SMILES string of the molecule is CC(Cc1cccs1)NCc1cc(F)cc(Cl)c1. The monoisotopic (exact) mass is 283 g/mol. The highest BCUT2D eigenvalue weighted by Crippen LogP contribution is 2.15. The standard InChI is InChI=1S/C14H15ClFNS/c1-10(5-14-3-2-4-18-14)17-9-11-6-12(15)8-13(16)7-11/h2-4,6-8,10,17H,5,9H2,1H3. The van der Waals surface area contributed by atoms with Gasteiger partial charge in [-0.25, -0.2) is 4.39 Å². The average molecular weight is 284 g/mol. The smallest absolute Gasteiger partial charge is 0.125 e. The van der Waals surface area contributed by atoms with Crippen molar-refractivity contribution < 1.29 is 4.39 Å². The summed E-state index contributed by atoms with van der Waals surface area (Å²) in [6.07, 6.45) is 0.987. The number of nitrogens with one attached hydrogen (secondary N) is 1. The Morgan fingerprint density at radius 1 is 1.39 bits per heavy atom. The first-order valence-corrected chi connectivity index (χ1v) is 7.10. The molecule has 1 aromatic carbocycles. The molecular formula is C14H15ClFNS. The van der Waals surface area contributed by atoms with E-state index in [-0.39, 0.29) is 5.82 Å². The molecular weight excluding hydrogens is 269 g/mol. The summed E-state index contributed by atoms with van der Waals surface area (Å²) in [7, 11) is 0. The first kappa shape index (κ1) is 13.5. The first-order chi connectivity index (χ1) is 8.63. The molecule has 1 heterocycles. The Bertz CT molecular complexity index is 478. The van der Waals surface area contributed by atoms with Crippen LogP contribution in [0.3, 0.4) is 0 Å². The molecule has 0 saturated carbocycles. The number of hydrogen-bond donors (Lipinski definition) is 1. The highest BCUT2D eigenvalue weighted by Gasteiger charge is 2.05. The Hall–Kier alpha value is -0.900. The van der Waals surface area contributed by atoms with Crippen LogP contribution in [-0.2, 0) is 13.0 Å². The Morgan fingerprint density at radius 3 is 2.89 bits per heavy atom. The minimum absolute atomic E-state index is 0.287. The van der Waals surface area contributed by atoms with E-state index in [1.807, 2.05) is 0 Å². The number of benzene rings is 1. The van der Waals surface area contributed by atoms with Gasteiger partial charge >= 0.3 is 0 Å². The van der Waals surface area contributed by atoms with E-state index in [0.29, 0.717) is 17.6 Å². The van der Waals surface area contributed by atoms with Crippen molar-refractivity contribution in [1.82, 2.24) is 5.32 Å². The summed E-state index contributed by atoms with van der Waals surface area (Å²) < 4.78 is 13.1. The summed E-state index contributed by atoms with van der Waals surface area (Å²) in [6, 6.07) is 9.15. The van der Waals surface area contributed by atoms with Gasteiger partial charge < -0.3 is 5.32 Å². The van der Waals surface area contributed by atoms with Gasteiger partial charge in [-0.05, 0) is 48.6 Å². The lowest BCUT2D eigenvalue weighted by molar-refractivity contribution is 0.545. The predicted molar refractivity (Wildman–Crippen MR) is 75.7 cm³/mol. The lowest BCUT2D eigenvalue weighted by atomic mass is 10.1. The molecule has 0 spiro atoms. The van der Waals surface area contributed by atoms with E-state index >= 15 is 0 Å². The van der Waals surface area contributed by atoms with E-state index in [0.717, 1.165) is 12.0 Å². The highest BCUT2D eigenvalue weighted by molar-refractivity contribution is 7.09. The summed E-state index contributed by atoms with van der Waals surface area (Å²) in [4.78, 5) is 1.35. The van der Waals surface area contributed by atoms with E-state index in [4.69, 9.17) is 11.6 Å². The molecule has 1 unspecified atom stereocenters. The van der Waals surface area contributed by atoms with Crippen LogP contribution in [0.15, 0.2) is 35.7 Å². The van der Waals surface area contributed by atoms with Crippen LogP contribution >= 0.6 is 22.9 Å². The Balaban J connectivity index is 1.87. The van der Waals surface area contributed by atoms with Crippen LogP contribution < -0.4 is 5.32 Å². The second-order valence-corrected chi connectivity index (χ2v) is 5.81. The quantitative estimate of drug-likeness (QED) is 0.864. The number of halogens is 2. The van der Waals surface area contributed by atoms with Gasteiger partial charge in [0.15, 0.2) is 0 Å². The van der Waals surface area contributed by atoms with E-state index in [9.17, 15) is 4.39 Å². The second-order valence-electron chi connectivity index (χ2n) is 4.34. The second kappa shape index (κ2) is 6.32. The van der Waals surface area contributed by atoms with Crippen molar-refractivity contribution in [3.05, 3.63) is 57.0 Å². The Labute approximate surface area is 116 Å².